The fraction of sp³-hybridized carbons (Fsp3) is 0.500. The number of hydrogen-bond donors (Lipinski definition) is 2. The molecule has 2 N–H and O–H groups in total. The number of aliphatic hydroxyl groups is 1. The van der Waals surface area contributed by atoms with E-state index in [9.17, 15) is 5.11 Å². The van der Waals surface area contributed by atoms with E-state index in [1.54, 1.807) is 12.1 Å². The van der Waals surface area contributed by atoms with Crippen LogP contribution in [0.2, 0.25) is 5.02 Å². The van der Waals surface area contributed by atoms with Gasteiger partial charge in [-0.15, -0.1) is 12.4 Å². The fourth-order valence-electron chi connectivity index (χ4n) is 1.23. The molecule has 0 heterocycles. The molecule has 1 unspecified atom stereocenters. The summed E-state index contributed by atoms with van der Waals surface area (Å²) in [5.74, 6) is 0. The minimum atomic E-state index is -0.511. The van der Waals surface area contributed by atoms with Crippen molar-refractivity contribution in [2.24, 2.45) is 0 Å². The number of rotatable bonds is 3. The maximum absolute atomic E-state index is 9.89. The van der Waals surface area contributed by atoms with Gasteiger partial charge in [-0.1, -0.05) is 23.7 Å². The molecule has 1 aromatic carbocycles. The summed E-state index contributed by atoms with van der Waals surface area (Å²) >= 11 is 5.85. The molecule has 0 aliphatic carbocycles. The molecule has 92 valence electrons. The standard InChI is InChI=1S/C12H18ClNO.ClH/c1-12(2,3)14-8-11(15)9-5-4-6-10(13)7-9;/h4-7,11,14-15H,8H2,1-3H3;1H. The van der Waals surface area contributed by atoms with Gasteiger partial charge in [0, 0.05) is 17.1 Å². The van der Waals surface area contributed by atoms with Gasteiger partial charge in [0.05, 0.1) is 6.10 Å². The summed E-state index contributed by atoms with van der Waals surface area (Å²) in [6.07, 6.45) is -0.511. The summed E-state index contributed by atoms with van der Waals surface area (Å²) in [5, 5.41) is 13.8. The third-order valence-corrected chi connectivity index (χ3v) is 2.29. The van der Waals surface area contributed by atoms with E-state index in [-0.39, 0.29) is 17.9 Å². The normalized spacial score (nSPS) is 13.1. The Morgan fingerprint density at radius 3 is 2.50 bits per heavy atom. The second kappa shape index (κ2) is 6.45. The molecule has 0 amide bonds. The predicted octanol–water partition coefficient (Wildman–Crippen LogP) is 3.18. The Kier molecular flexibility index (Phi) is 6.34. The molecule has 16 heavy (non-hydrogen) atoms. The zero-order valence-corrected chi connectivity index (χ0v) is 11.4. The molecule has 0 aliphatic heterocycles. The Labute approximate surface area is 108 Å². The van der Waals surface area contributed by atoms with Crippen LogP contribution in [-0.2, 0) is 0 Å². The summed E-state index contributed by atoms with van der Waals surface area (Å²) in [6.45, 7) is 6.73. The Balaban J connectivity index is 0.00000225. The van der Waals surface area contributed by atoms with Gasteiger partial charge in [-0.3, -0.25) is 0 Å². The Bertz CT molecular complexity index is 323. The van der Waals surface area contributed by atoms with Gasteiger partial charge in [0.2, 0.25) is 0 Å². The SMILES string of the molecule is CC(C)(C)NCC(O)c1cccc(Cl)c1.Cl. The van der Waals surface area contributed by atoms with Crippen LogP contribution in [0.1, 0.15) is 32.4 Å². The van der Waals surface area contributed by atoms with Crippen LogP contribution in [0.15, 0.2) is 24.3 Å². The van der Waals surface area contributed by atoms with E-state index >= 15 is 0 Å². The number of hydrogen-bond acceptors (Lipinski definition) is 2. The van der Waals surface area contributed by atoms with Crippen molar-refractivity contribution in [2.75, 3.05) is 6.54 Å². The van der Waals surface area contributed by atoms with E-state index in [0.717, 1.165) is 5.56 Å². The van der Waals surface area contributed by atoms with Gasteiger partial charge in [-0.05, 0) is 38.5 Å². The highest BCUT2D eigenvalue weighted by Gasteiger charge is 2.13. The molecule has 0 aromatic heterocycles. The topological polar surface area (TPSA) is 32.3 Å². The molecule has 4 heteroatoms. The van der Waals surface area contributed by atoms with Crippen molar-refractivity contribution in [1.29, 1.82) is 0 Å². The summed E-state index contributed by atoms with van der Waals surface area (Å²) in [5.41, 5.74) is 0.860. The van der Waals surface area contributed by atoms with E-state index in [2.05, 4.69) is 26.1 Å². The largest absolute Gasteiger partial charge is 0.387 e. The van der Waals surface area contributed by atoms with Crippen LogP contribution in [0.4, 0.5) is 0 Å². The van der Waals surface area contributed by atoms with E-state index in [1.807, 2.05) is 12.1 Å². The Morgan fingerprint density at radius 2 is 2.00 bits per heavy atom. The number of benzene rings is 1. The first-order valence-electron chi connectivity index (χ1n) is 5.07. The lowest BCUT2D eigenvalue weighted by atomic mass is 10.1. The van der Waals surface area contributed by atoms with Crippen LogP contribution < -0.4 is 5.32 Å². The molecule has 0 bridgehead atoms. The van der Waals surface area contributed by atoms with Gasteiger partial charge in [0.15, 0.2) is 0 Å². The Morgan fingerprint density at radius 1 is 1.38 bits per heavy atom. The predicted molar refractivity (Wildman–Crippen MR) is 71.4 cm³/mol. The number of β-amino-alcohol motifs (C(OH)–C–C–N with tert-alkyl or cyclic N) is 1. The van der Waals surface area contributed by atoms with Crippen LogP contribution in [0.5, 0.6) is 0 Å². The number of halogens is 2. The fourth-order valence-corrected chi connectivity index (χ4v) is 1.43. The van der Waals surface area contributed by atoms with E-state index in [1.165, 1.54) is 0 Å². The zero-order chi connectivity index (χ0) is 11.5. The molecule has 0 saturated carbocycles. The summed E-state index contributed by atoms with van der Waals surface area (Å²) < 4.78 is 0. The molecule has 2 nitrogen and oxygen atoms in total. The summed E-state index contributed by atoms with van der Waals surface area (Å²) in [4.78, 5) is 0. The zero-order valence-electron chi connectivity index (χ0n) is 9.83. The van der Waals surface area contributed by atoms with Gasteiger partial charge in [-0.2, -0.15) is 0 Å². The molecule has 0 radical (unpaired) electrons. The summed E-state index contributed by atoms with van der Waals surface area (Å²) in [7, 11) is 0. The molecule has 1 rings (SSSR count). The van der Waals surface area contributed by atoms with Gasteiger partial charge in [-0.25, -0.2) is 0 Å². The van der Waals surface area contributed by atoms with Gasteiger partial charge < -0.3 is 10.4 Å². The van der Waals surface area contributed by atoms with E-state index < -0.39 is 6.10 Å². The highest BCUT2D eigenvalue weighted by atomic mass is 35.5. The molecular formula is C12H19Cl2NO. The molecule has 1 aromatic rings. The number of nitrogens with one attached hydrogen (secondary N) is 1. The van der Waals surface area contributed by atoms with Crippen molar-refractivity contribution in [3.63, 3.8) is 0 Å². The van der Waals surface area contributed by atoms with Crippen LogP contribution in [0.3, 0.4) is 0 Å². The van der Waals surface area contributed by atoms with Crippen LogP contribution >= 0.6 is 24.0 Å². The van der Waals surface area contributed by atoms with Crippen molar-refractivity contribution < 1.29 is 5.11 Å². The van der Waals surface area contributed by atoms with Crippen molar-refractivity contribution >= 4 is 24.0 Å². The van der Waals surface area contributed by atoms with E-state index in [4.69, 9.17) is 11.6 Å². The highest BCUT2D eigenvalue weighted by molar-refractivity contribution is 6.30. The van der Waals surface area contributed by atoms with Crippen LogP contribution in [0, 0.1) is 0 Å². The van der Waals surface area contributed by atoms with Crippen molar-refractivity contribution in [3.8, 4) is 0 Å². The first-order chi connectivity index (χ1) is 6.88. The smallest absolute Gasteiger partial charge is 0.0915 e. The quantitative estimate of drug-likeness (QED) is 0.878. The van der Waals surface area contributed by atoms with Crippen molar-refractivity contribution in [3.05, 3.63) is 34.9 Å². The molecular weight excluding hydrogens is 245 g/mol. The van der Waals surface area contributed by atoms with Gasteiger partial charge in [0.1, 0.15) is 0 Å². The monoisotopic (exact) mass is 263 g/mol. The lowest BCUT2D eigenvalue weighted by molar-refractivity contribution is 0.163. The van der Waals surface area contributed by atoms with Crippen molar-refractivity contribution in [2.45, 2.75) is 32.4 Å². The van der Waals surface area contributed by atoms with Crippen molar-refractivity contribution in [1.82, 2.24) is 5.32 Å². The molecule has 0 aliphatic rings. The maximum Gasteiger partial charge on any atom is 0.0915 e. The first kappa shape index (κ1) is 15.7. The minimum Gasteiger partial charge on any atom is -0.387 e. The maximum atomic E-state index is 9.89. The average Bonchev–Trinajstić information content (AvgIpc) is 2.13. The molecule has 0 saturated heterocycles. The van der Waals surface area contributed by atoms with E-state index in [0.29, 0.717) is 11.6 Å². The molecule has 1 atom stereocenters. The number of aliphatic hydroxyl groups excluding tert-OH is 1. The second-order valence-corrected chi connectivity index (χ2v) is 5.14. The first-order valence-corrected chi connectivity index (χ1v) is 5.45. The second-order valence-electron chi connectivity index (χ2n) is 4.70. The lowest BCUT2D eigenvalue weighted by Crippen LogP contribution is -2.38. The van der Waals surface area contributed by atoms with Crippen LogP contribution in [0.25, 0.3) is 0 Å². The average molecular weight is 264 g/mol. The van der Waals surface area contributed by atoms with Gasteiger partial charge >= 0.3 is 0 Å². The Hall–Kier alpha value is -0.280. The third kappa shape index (κ3) is 5.71. The third-order valence-electron chi connectivity index (χ3n) is 2.06. The van der Waals surface area contributed by atoms with Crippen LogP contribution in [-0.4, -0.2) is 17.2 Å². The molecule has 0 fully saturated rings. The summed E-state index contributed by atoms with van der Waals surface area (Å²) in [6, 6.07) is 7.31. The molecule has 0 spiro atoms. The minimum absolute atomic E-state index is 0. The lowest BCUT2D eigenvalue weighted by Gasteiger charge is -2.23. The van der Waals surface area contributed by atoms with Gasteiger partial charge in [0.25, 0.3) is 0 Å². The highest BCUT2D eigenvalue weighted by Crippen LogP contribution is 2.17.